The summed E-state index contributed by atoms with van der Waals surface area (Å²) in [5.74, 6) is 0.871. The van der Waals surface area contributed by atoms with Gasteiger partial charge in [-0.3, -0.25) is 0 Å². The lowest BCUT2D eigenvalue weighted by atomic mass is 10.1. The van der Waals surface area contributed by atoms with E-state index in [9.17, 15) is 0 Å². The van der Waals surface area contributed by atoms with E-state index in [2.05, 4.69) is 41.9 Å². The van der Waals surface area contributed by atoms with Crippen molar-refractivity contribution in [2.24, 2.45) is 5.92 Å². The summed E-state index contributed by atoms with van der Waals surface area (Å²) in [4.78, 5) is 3.12. The average Bonchev–Trinajstić information content (AvgIpc) is 2.65. The van der Waals surface area contributed by atoms with Crippen LogP contribution >= 0.6 is 27.3 Å². The highest BCUT2D eigenvalue weighted by atomic mass is 79.9. The Bertz CT molecular complexity index is 305. The van der Waals surface area contributed by atoms with Crippen molar-refractivity contribution in [3.63, 3.8) is 0 Å². The highest BCUT2D eigenvalue weighted by Gasteiger charge is 2.51. The molecule has 2 rings (SSSR count). The third kappa shape index (κ3) is 1.59. The van der Waals surface area contributed by atoms with E-state index in [0.717, 1.165) is 11.2 Å². The number of hydrogen-bond donors (Lipinski definition) is 0. The fourth-order valence-electron chi connectivity index (χ4n) is 1.85. The van der Waals surface area contributed by atoms with Crippen LogP contribution in [0.5, 0.6) is 0 Å². The van der Waals surface area contributed by atoms with Gasteiger partial charge in [-0.15, -0.1) is 11.3 Å². The Morgan fingerprint density at radius 1 is 1.62 bits per heavy atom. The molecule has 72 valence electrons. The Morgan fingerprint density at radius 2 is 2.38 bits per heavy atom. The van der Waals surface area contributed by atoms with Crippen LogP contribution in [0.2, 0.25) is 0 Å². The molecular weight excluding hydrogens is 244 g/mol. The van der Waals surface area contributed by atoms with Crippen LogP contribution in [0.1, 0.15) is 30.0 Å². The van der Waals surface area contributed by atoms with Gasteiger partial charge in [0.2, 0.25) is 0 Å². The molecule has 1 aromatic rings. The summed E-state index contributed by atoms with van der Waals surface area (Å²) in [6, 6.07) is 4.61. The van der Waals surface area contributed by atoms with Gasteiger partial charge in [-0.25, -0.2) is 0 Å². The van der Waals surface area contributed by atoms with E-state index in [1.165, 1.54) is 17.7 Å². The number of thiophene rings is 1. The number of rotatable bonds is 3. The van der Waals surface area contributed by atoms with Crippen molar-refractivity contribution in [1.29, 1.82) is 0 Å². The molecule has 0 spiro atoms. The molecule has 1 aliphatic rings. The minimum Gasteiger partial charge on any atom is -0.145 e. The Kier molecular flexibility index (Phi) is 2.54. The van der Waals surface area contributed by atoms with Crippen molar-refractivity contribution in [3.05, 3.63) is 21.9 Å². The van der Waals surface area contributed by atoms with Crippen LogP contribution in [0.3, 0.4) is 0 Å². The van der Waals surface area contributed by atoms with Gasteiger partial charge in [0.1, 0.15) is 0 Å². The average molecular weight is 259 g/mol. The highest BCUT2D eigenvalue weighted by molar-refractivity contribution is 9.09. The predicted molar refractivity (Wildman–Crippen MR) is 63.0 cm³/mol. The maximum atomic E-state index is 3.58. The molecule has 2 heteroatoms. The normalized spacial score (nSPS) is 32.1. The predicted octanol–water partition coefficient (Wildman–Crippen LogP) is 3.98. The van der Waals surface area contributed by atoms with Crippen molar-refractivity contribution in [1.82, 2.24) is 0 Å². The van der Waals surface area contributed by atoms with Crippen LogP contribution in [0.25, 0.3) is 0 Å². The molecule has 0 N–H and O–H groups in total. The van der Waals surface area contributed by atoms with E-state index >= 15 is 0 Å². The van der Waals surface area contributed by atoms with Crippen molar-refractivity contribution in [2.75, 3.05) is 5.33 Å². The van der Waals surface area contributed by atoms with Crippen LogP contribution < -0.4 is 0 Å². The molecule has 0 amide bonds. The largest absolute Gasteiger partial charge is 0.145 e. The third-order valence-corrected chi connectivity index (χ3v) is 5.46. The lowest BCUT2D eigenvalue weighted by Gasteiger charge is -2.06. The molecule has 0 nitrogen and oxygen atoms in total. The Morgan fingerprint density at radius 3 is 2.85 bits per heavy atom. The maximum absolute atomic E-state index is 3.58. The lowest BCUT2D eigenvalue weighted by Crippen LogP contribution is -2.01. The van der Waals surface area contributed by atoms with Crippen LogP contribution in [-0.2, 0) is 11.8 Å². The van der Waals surface area contributed by atoms with Crippen LogP contribution in [0.4, 0.5) is 0 Å². The zero-order chi connectivity index (χ0) is 9.47. The molecule has 1 saturated carbocycles. The van der Waals surface area contributed by atoms with Gasteiger partial charge in [-0.2, -0.15) is 0 Å². The third-order valence-electron chi connectivity index (χ3n) is 3.17. The van der Waals surface area contributed by atoms with Gasteiger partial charge in [0.15, 0.2) is 0 Å². The summed E-state index contributed by atoms with van der Waals surface area (Å²) in [6.45, 7) is 4.62. The summed E-state index contributed by atoms with van der Waals surface area (Å²) in [6.07, 6.45) is 2.54. The minimum absolute atomic E-state index is 0.502. The molecule has 0 saturated heterocycles. The second kappa shape index (κ2) is 3.39. The van der Waals surface area contributed by atoms with Gasteiger partial charge < -0.3 is 0 Å². The zero-order valence-electron chi connectivity index (χ0n) is 8.14. The molecule has 13 heavy (non-hydrogen) atoms. The van der Waals surface area contributed by atoms with Gasteiger partial charge >= 0.3 is 0 Å². The monoisotopic (exact) mass is 258 g/mol. The van der Waals surface area contributed by atoms with Crippen molar-refractivity contribution < 1.29 is 0 Å². The second-order valence-corrected chi connectivity index (χ2v) is 5.91. The van der Waals surface area contributed by atoms with Crippen LogP contribution in [0.15, 0.2) is 12.1 Å². The molecule has 1 fully saturated rings. The first-order valence-electron chi connectivity index (χ1n) is 4.86. The molecule has 0 aliphatic heterocycles. The zero-order valence-corrected chi connectivity index (χ0v) is 10.5. The number of aryl methyl sites for hydroxylation is 1. The molecule has 1 aliphatic carbocycles. The lowest BCUT2D eigenvalue weighted by molar-refractivity contribution is 0.726. The smallest absolute Gasteiger partial charge is 0.0110 e. The van der Waals surface area contributed by atoms with Gasteiger partial charge in [0.05, 0.1) is 0 Å². The standard InChI is InChI=1S/C11H15BrS/c1-3-9-4-5-10(13-9)11(2)6-8(11)7-12/h4-5,8H,3,6-7H2,1-2H3. The van der Waals surface area contributed by atoms with Gasteiger partial charge in [0, 0.05) is 20.5 Å². The quantitative estimate of drug-likeness (QED) is 0.720. The summed E-state index contributed by atoms with van der Waals surface area (Å²) in [7, 11) is 0. The van der Waals surface area contributed by atoms with Crippen molar-refractivity contribution in [2.45, 2.75) is 32.1 Å². The number of halogens is 1. The van der Waals surface area contributed by atoms with E-state index < -0.39 is 0 Å². The highest BCUT2D eigenvalue weighted by Crippen LogP contribution is 2.56. The van der Waals surface area contributed by atoms with Crippen LogP contribution in [0, 0.1) is 5.92 Å². The first-order chi connectivity index (χ1) is 6.20. The van der Waals surface area contributed by atoms with E-state index in [1.54, 1.807) is 4.88 Å². The van der Waals surface area contributed by atoms with Crippen molar-refractivity contribution in [3.8, 4) is 0 Å². The first-order valence-corrected chi connectivity index (χ1v) is 6.79. The first kappa shape index (κ1) is 9.72. The molecule has 0 aromatic carbocycles. The SMILES string of the molecule is CCc1ccc(C2(C)CC2CBr)s1. The van der Waals surface area contributed by atoms with Gasteiger partial charge in [-0.1, -0.05) is 29.8 Å². The fourth-order valence-corrected chi connectivity index (χ4v) is 3.98. The van der Waals surface area contributed by atoms with Gasteiger partial charge in [-0.05, 0) is 30.9 Å². The molecule has 2 atom stereocenters. The van der Waals surface area contributed by atoms with Gasteiger partial charge in [0.25, 0.3) is 0 Å². The Labute approximate surface area is 92.5 Å². The van der Waals surface area contributed by atoms with E-state index in [0.29, 0.717) is 5.41 Å². The second-order valence-electron chi connectivity index (χ2n) is 4.09. The molecule has 2 unspecified atom stereocenters. The van der Waals surface area contributed by atoms with Crippen LogP contribution in [-0.4, -0.2) is 5.33 Å². The number of hydrogen-bond acceptors (Lipinski definition) is 1. The summed E-state index contributed by atoms with van der Waals surface area (Å²) in [5, 5.41) is 1.16. The minimum atomic E-state index is 0.502. The van der Waals surface area contributed by atoms with Crippen molar-refractivity contribution >= 4 is 27.3 Å². The summed E-state index contributed by atoms with van der Waals surface area (Å²) >= 11 is 5.58. The Balaban J connectivity index is 2.18. The maximum Gasteiger partial charge on any atom is 0.0110 e. The Hall–Kier alpha value is 0.180. The summed E-state index contributed by atoms with van der Waals surface area (Å²) < 4.78 is 0. The molecular formula is C11H15BrS. The van der Waals surface area contributed by atoms with E-state index in [1.807, 2.05) is 11.3 Å². The van der Waals surface area contributed by atoms with E-state index in [-0.39, 0.29) is 0 Å². The topological polar surface area (TPSA) is 0 Å². The molecule has 0 radical (unpaired) electrons. The molecule has 0 bridgehead atoms. The summed E-state index contributed by atoms with van der Waals surface area (Å²) in [5.41, 5.74) is 0.502. The molecule has 1 heterocycles. The fraction of sp³-hybridized carbons (Fsp3) is 0.636. The number of alkyl halides is 1. The molecule has 1 aromatic heterocycles. The van der Waals surface area contributed by atoms with E-state index in [4.69, 9.17) is 0 Å².